The van der Waals surface area contributed by atoms with Gasteiger partial charge >= 0.3 is 0 Å². The van der Waals surface area contributed by atoms with Gasteiger partial charge in [-0.2, -0.15) is 0 Å². The zero-order valence-electron chi connectivity index (χ0n) is 10.6. The predicted molar refractivity (Wildman–Crippen MR) is 69.7 cm³/mol. The average Bonchev–Trinajstić information content (AvgIpc) is 2.36. The third-order valence-electron chi connectivity index (χ3n) is 2.52. The number of nitrogen functional groups attached to an aromatic ring is 1. The van der Waals surface area contributed by atoms with E-state index in [0.29, 0.717) is 23.1 Å². The van der Waals surface area contributed by atoms with Gasteiger partial charge in [-0.15, -0.1) is 0 Å². The minimum atomic E-state index is 0.451. The summed E-state index contributed by atoms with van der Waals surface area (Å²) in [6.07, 6.45) is 0. The molecular weight excluding hydrogens is 230 g/mol. The quantitative estimate of drug-likeness (QED) is 0.896. The van der Waals surface area contributed by atoms with Crippen LogP contribution in [0.2, 0.25) is 0 Å². The second-order valence-electron chi connectivity index (χ2n) is 3.83. The van der Waals surface area contributed by atoms with Crippen LogP contribution in [-0.4, -0.2) is 24.2 Å². The van der Waals surface area contributed by atoms with Crippen LogP contribution in [-0.2, 0) is 0 Å². The molecule has 0 spiro atoms. The first-order valence-electron chi connectivity index (χ1n) is 5.47. The Morgan fingerprint density at radius 1 is 1.00 bits per heavy atom. The van der Waals surface area contributed by atoms with Crippen molar-refractivity contribution in [3.63, 3.8) is 0 Å². The maximum absolute atomic E-state index is 5.72. The minimum Gasteiger partial charge on any atom is -0.493 e. The highest BCUT2D eigenvalue weighted by Gasteiger charge is 2.09. The van der Waals surface area contributed by atoms with Gasteiger partial charge in [-0.05, 0) is 25.1 Å². The van der Waals surface area contributed by atoms with Crippen LogP contribution in [0, 0.1) is 6.92 Å². The molecule has 1 heterocycles. The number of hydrogen-bond donors (Lipinski definition) is 1. The highest BCUT2D eigenvalue weighted by Crippen LogP contribution is 2.31. The normalized spacial score (nSPS) is 10.2. The number of nitrogens with zero attached hydrogens (tertiary/aromatic N) is 2. The Morgan fingerprint density at radius 2 is 1.72 bits per heavy atom. The smallest absolute Gasteiger partial charge is 0.161 e. The van der Waals surface area contributed by atoms with E-state index < -0.39 is 0 Å². The van der Waals surface area contributed by atoms with Gasteiger partial charge in [0.1, 0.15) is 5.82 Å². The van der Waals surface area contributed by atoms with Crippen molar-refractivity contribution in [3.8, 4) is 22.9 Å². The number of benzene rings is 1. The van der Waals surface area contributed by atoms with Crippen LogP contribution in [0.15, 0.2) is 24.3 Å². The van der Waals surface area contributed by atoms with E-state index in [9.17, 15) is 0 Å². The summed E-state index contributed by atoms with van der Waals surface area (Å²) in [6, 6.07) is 7.24. The standard InChI is InChI=1S/C13H15N3O2/c1-8-6-12(14)16-13(15-8)9-4-5-10(17-2)11(7-9)18-3/h4-7H,1-3H3,(H2,14,15,16). The number of aryl methyl sites for hydroxylation is 1. The SMILES string of the molecule is COc1ccc(-c2nc(C)cc(N)n2)cc1OC. The largest absolute Gasteiger partial charge is 0.493 e. The number of nitrogens with two attached hydrogens (primary N) is 1. The topological polar surface area (TPSA) is 70.3 Å². The van der Waals surface area contributed by atoms with Gasteiger partial charge in [0, 0.05) is 17.3 Å². The summed E-state index contributed by atoms with van der Waals surface area (Å²) in [4.78, 5) is 8.55. The molecule has 0 aliphatic rings. The van der Waals surface area contributed by atoms with Crippen LogP contribution in [0.4, 0.5) is 5.82 Å². The molecule has 2 rings (SSSR count). The third-order valence-corrected chi connectivity index (χ3v) is 2.52. The van der Waals surface area contributed by atoms with E-state index in [2.05, 4.69) is 9.97 Å². The second kappa shape index (κ2) is 4.91. The summed E-state index contributed by atoms with van der Waals surface area (Å²) in [6.45, 7) is 1.88. The van der Waals surface area contributed by atoms with Crippen LogP contribution in [0.3, 0.4) is 0 Å². The lowest BCUT2D eigenvalue weighted by Gasteiger charge is -2.09. The summed E-state index contributed by atoms with van der Waals surface area (Å²) in [7, 11) is 3.19. The Morgan fingerprint density at radius 3 is 2.33 bits per heavy atom. The van der Waals surface area contributed by atoms with Crippen molar-refractivity contribution in [2.24, 2.45) is 0 Å². The van der Waals surface area contributed by atoms with Crippen molar-refractivity contribution in [2.75, 3.05) is 20.0 Å². The van der Waals surface area contributed by atoms with E-state index in [0.717, 1.165) is 11.3 Å². The highest BCUT2D eigenvalue weighted by atomic mass is 16.5. The third kappa shape index (κ3) is 2.34. The lowest BCUT2D eigenvalue weighted by Crippen LogP contribution is -1.98. The number of hydrogen-bond acceptors (Lipinski definition) is 5. The van der Waals surface area contributed by atoms with Gasteiger partial charge < -0.3 is 15.2 Å². The van der Waals surface area contributed by atoms with Crippen molar-refractivity contribution in [1.82, 2.24) is 9.97 Å². The van der Waals surface area contributed by atoms with Crippen LogP contribution in [0.1, 0.15) is 5.69 Å². The molecule has 5 heteroatoms. The molecule has 0 saturated heterocycles. The van der Waals surface area contributed by atoms with Crippen molar-refractivity contribution in [2.45, 2.75) is 6.92 Å². The summed E-state index contributed by atoms with van der Waals surface area (Å²) in [5.41, 5.74) is 7.38. The molecule has 1 aromatic carbocycles. The van der Waals surface area contributed by atoms with E-state index in [1.165, 1.54) is 0 Å². The molecule has 0 fully saturated rings. The van der Waals surface area contributed by atoms with Crippen molar-refractivity contribution in [3.05, 3.63) is 30.0 Å². The number of anilines is 1. The summed E-state index contributed by atoms with van der Waals surface area (Å²) in [5, 5.41) is 0. The highest BCUT2D eigenvalue weighted by molar-refractivity contribution is 5.62. The van der Waals surface area contributed by atoms with Gasteiger partial charge in [0.2, 0.25) is 0 Å². The van der Waals surface area contributed by atoms with E-state index >= 15 is 0 Å². The molecule has 18 heavy (non-hydrogen) atoms. The van der Waals surface area contributed by atoms with Crippen molar-refractivity contribution in [1.29, 1.82) is 0 Å². The fourth-order valence-electron chi connectivity index (χ4n) is 1.70. The maximum Gasteiger partial charge on any atom is 0.161 e. The molecule has 0 radical (unpaired) electrons. The zero-order valence-corrected chi connectivity index (χ0v) is 10.6. The van der Waals surface area contributed by atoms with Gasteiger partial charge in [-0.25, -0.2) is 9.97 Å². The van der Waals surface area contributed by atoms with Crippen LogP contribution in [0.25, 0.3) is 11.4 Å². The molecule has 94 valence electrons. The fourth-order valence-corrected chi connectivity index (χ4v) is 1.70. The first-order chi connectivity index (χ1) is 8.63. The van der Waals surface area contributed by atoms with Gasteiger partial charge in [0.05, 0.1) is 14.2 Å². The molecule has 0 bridgehead atoms. The Hall–Kier alpha value is -2.30. The van der Waals surface area contributed by atoms with Gasteiger partial charge in [-0.3, -0.25) is 0 Å². The number of ether oxygens (including phenoxy) is 2. The lowest BCUT2D eigenvalue weighted by molar-refractivity contribution is 0.355. The Labute approximate surface area is 106 Å². The van der Waals surface area contributed by atoms with E-state index in [1.54, 1.807) is 20.3 Å². The molecule has 5 nitrogen and oxygen atoms in total. The molecule has 0 saturated carbocycles. The number of aromatic nitrogens is 2. The molecule has 2 N–H and O–H groups in total. The molecule has 2 aromatic rings. The summed E-state index contributed by atoms with van der Waals surface area (Å²) < 4.78 is 10.4. The second-order valence-corrected chi connectivity index (χ2v) is 3.83. The van der Waals surface area contributed by atoms with Gasteiger partial charge in [0.15, 0.2) is 17.3 Å². The molecule has 0 aliphatic heterocycles. The minimum absolute atomic E-state index is 0.451. The molecule has 0 atom stereocenters. The maximum atomic E-state index is 5.72. The van der Waals surface area contributed by atoms with Crippen LogP contribution >= 0.6 is 0 Å². The zero-order chi connectivity index (χ0) is 13.1. The summed E-state index contributed by atoms with van der Waals surface area (Å²) in [5.74, 6) is 2.33. The van der Waals surface area contributed by atoms with E-state index in [1.807, 2.05) is 25.1 Å². The van der Waals surface area contributed by atoms with Crippen LogP contribution in [0.5, 0.6) is 11.5 Å². The first kappa shape index (κ1) is 12.2. The van der Waals surface area contributed by atoms with Crippen LogP contribution < -0.4 is 15.2 Å². The molecule has 0 amide bonds. The van der Waals surface area contributed by atoms with Gasteiger partial charge in [0.25, 0.3) is 0 Å². The molecule has 1 aromatic heterocycles. The number of rotatable bonds is 3. The molecule has 0 unspecified atom stereocenters. The Balaban J connectivity index is 2.50. The summed E-state index contributed by atoms with van der Waals surface area (Å²) >= 11 is 0. The van der Waals surface area contributed by atoms with E-state index in [-0.39, 0.29) is 0 Å². The monoisotopic (exact) mass is 245 g/mol. The predicted octanol–water partition coefficient (Wildman–Crippen LogP) is 2.05. The number of methoxy groups -OCH3 is 2. The molecular formula is C13H15N3O2. The van der Waals surface area contributed by atoms with E-state index in [4.69, 9.17) is 15.2 Å². The van der Waals surface area contributed by atoms with Gasteiger partial charge in [-0.1, -0.05) is 0 Å². The van der Waals surface area contributed by atoms with Crippen molar-refractivity contribution < 1.29 is 9.47 Å². The first-order valence-corrected chi connectivity index (χ1v) is 5.47. The average molecular weight is 245 g/mol. The Kier molecular flexibility index (Phi) is 3.32. The lowest BCUT2D eigenvalue weighted by atomic mass is 10.2. The van der Waals surface area contributed by atoms with Crippen molar-refractivity contribution >= 4 is 5.82 Å². The molecule has 0 aliphatic carbocycles. The Bertz CT molecular complexity index is 550. The fraction of sp³-hybridized carbons (Fsp3) is 0.231.